The molecule has 0 amide bonds. The number of thiocarbonyl (C=S) groups is 1. The van der Waals surface area contributed by atoms with Crippen molar-refractivity contribution in [2.75, 3.05) is 0 Å². The minimum Gasteiger partial charge on any atom is -0.265 e. The molecule has 0 saturated heterocycles. The zero-order valence-electron chi connectivity index (χ0n) is 8.60. The van der Waals surface area contributed by atoms with Crippen molar-refractivity contribution >= 4 is 34.8 Å². The van der Waals surface area contributed by atoms with E-state index in [-0.39, 0.29) is 5.82 Å². The Hall–Kier alpha value is -1.55. The molecule has 0 atom stereocenters. The van der Waals surface area contributed by atoms with Crippen LogP contribution >= 0.6 is 23.8 Å². The summed E-state index contributed by atoms with van der Waals surface area (Å²) >= 11 is 10.4. The van der Waals surface area contributed by atoms with Crippen LogP contribution in [-0.2, 0) is 6.54 Å². The number of aliphatic imine (C=N–C) groups is 1. The van der Waals surface area contributed by atoms with Gasteiger partial charge in [-0.1, -0.05) is 23.7 Å². The van der Waals surface area contributed by atoms with Crippen molar-refractivity contribution in [3.63, 3.8) is 0 Å². The zero-order chi connectivity index (χ0) is 12.3. The van der Waals surface area contributed by atoms with Crippen LogP contribution in [0.1, 0.15) is 5.56 Å². The third kappa shape index (κ3) is 2.97. The number of benzene rings is 1. The van der Waals surface area contributed by atoms with Gasteiger partial charge in [-0.05, 0) is 29.9 Å². The molecular weight excluding hydrogens is 261 g/mol. The fraction of sp³-hybridized carbons (Fsp3) is 0.0909. The summed E-state index contributed by atoms with van der Waals surface area (Å²) in [5.74, 6) is 0.0713. The Morgan fingerprint density at radius 1 is 1.41 bits per heavy atom. The molecule has 2 aromatic rings. The van der Waals surface area contributed by atoms with E-state index in [9.17, 15) is 4.39 Å². The van der Waals surface area contributed by atoms with Gasteiger partial charge >= 0.3 is 0 Å². The van der Waals surface area contributed by atoms with Crippen molar-refractivity contribution in [2.24, 2.45) is 4.99 Å². The minimum absolute atomic E-state index is 0.266. The fourth-order valence-electron chi connectivity index (χ4n) is 1.36. The summed E-state index contributed by atoms with van der Waals surface area (Å²) in [6.07, 6.45) is 1.64. The summed E-state index contributed by atoms with van der Waals surface area (Å²) in [6.45, 7) is 0.493. The second kappa shape index (κ2) is 5.19. The molecule has 0 aliphatic heterocycles. The molecule has 0 saturated carbocycles. The highest BCUT2D eigenvalue weighted by atomic mass is 35.5. The summed E-state index contributed by atoms with van der Waals surface area (Å²) in [5, 5.41) is 6.73. The van der Waals surface area contributed by atoms with Crippen molar-refractivity contribution < 1.29 is 4.39 Å². The van der Waals surface area contributed by atoms with Crippen LogP contribution in [0.2, 0.25) is 5.02 Å². The van der Waals surface area contributed by atoms with Crippen molar-refractivity contribution in [1.29, 1.82) is 0 Å². The van der Waals surface area contributed by atoms with E-state index in [1.807, 2.05) is 0 Å². The number of hydrogen-bond acceptors (Lipinski definition) is 3. The number of hydrogen-bond donors (Lipinski definition) is 0. The van der Waals surface area contributed by atoms with Gasteiger partial charge in [0.25, 0.3) is 0 Å². The summed E-state index contributed by atoms with van der Waals surface area (Å²) < 4.78 is 14.3. The van der Waals surface area contributed by atoms with Crippen LogP contribution in [0, 0.1) is 5.82 Å². The van der Waals surface area contributed by atoms with Gasteiger partial charge in [-0.2, -0.15) is 10.1 Å². The van der Waals surface area contributed by atoms with Gasteiger partial charge in [-0.3, -0.25) is 4.68 Å². The average Bonchev–Trinajstić information content (AvgIpc) is 2.63. The zero-order valence-corrected chi connectivity index (χ0v) is 10.2. The van der Waals surface area contributed by atoms with Crippen LogP contribution < -0.4 is 0 Å². The molecule has 0 radical (unpaired) electrons. The molecule has 2 rings (SSSR count). The lowest BCUT2D eigenvalue weighted by Gasteiger charge is -2.00. The van der Waals surface area contributed by atoms with Crippen LogP contribution in [0.15, 0.2) is 35.5 Å². The van der Waals surface area contributed by atoms with E-state index in [2.05, 4.69) is 27.5 Å². The molecule has 0 fully saturated rings. The van der Waals surface area contributed by atoms with Gasteiger partial charge in [0, 0.05) is 6.20 Å². The largest absolute Gasteiger partial charge is 0.265 e. The van der Waals surface area contributed by atoms with Gasteiger partial charge < -0.3 is 0 Å². The maximum Gasteiger partial charge on any atom is 0.202 e. The Bertz CT molecular complexity index is 573. The first kappa shape index (κ1) is 11.9. The van der Waals surface area contributed by atoms with Crippen LogP contribution in [0.5, 0.6) is 0 Å². The first-order valence-electron chi connectivity index (χ1n) is 4.74. The second-order valence-corrected chi connectivity index (χ2v) is 3.92. The number of nitrogens with zero attached hydrogens (tertiary/aromatic N) is 3. The highest BCUT2D eigenvalue weighted by Crippen LogP contribution is 2.22. The molecule has 1 aromatic carbocycles. The third-order valence-corrected chi connectivity index (χ3v) is 2.47. The van der Waals surface area contributed by atoms with E-state index in [4.69, 9.17) is 11.6 Å². The lowest BCUT2D eigenvalue weighted by molar-refractivity contribution is 0.624. The third-order valence-electron chi connectivity index (χ3n) is 2.11. The number of rotatable bonds is 3. The highest BCUT2D eigenvalue weighted by molar-refractivity contribution is 7.78. The smallest absolute Gasteiger partial charge is 0.202 e. The van der Waals surface area contributed by atoms with E-state index in [1.54, 1.807) is 23.0 Å². The monoisotopic (exact) mass is 267 g/mol. The van der Waals surface area contributed by atoms with Crippen LogP contribution in [0.4, 0.5) is 10.2 Å². The van der Waals surface area contributed by atoms with Gasteiger partial charge in [0.05, 0.1) is 11.7 Å². The molecule has 0 unspecified atom stereocenters. The first-order valence-corrected chi connectivity index (χ1v) is 5.53. The second-order valence-electron chi connectivity index (χ2n) is 3.33. The van der Waals surface area contributed by atoms with Crippen LogP contribution in [0.3, 0.4) is 0 Å². The van der Waals surface area contributed by atoms with Crippen molar-refractivity contribution in [2.45, 2.75) is 6.54 Å². The maximum absolute atomic E-state index is 12.7. The van der Waals surface area contributed by atoms with Crippen molar-refractivity contribution in [3.8, 4) is 0 Å². The van der Waals surface area contributed by atoms with Gasteiger partial charge in [0.2, 0.25) is 5.82 Å². The van der Waals surface area contributed by atoms with Crippen LogP contribution in [-0.4, -0.2) is 14.9 Å². The quantitative estimate of drug-likeness (QED) is 0.630. The van der Waals surface area contributed by atoms with Crippen LogP contribution in [0.25, 0.3) is 0 Å². The SMILES string of the molecule is Fc1ccc(Cn2cc(Cl)c(N=C=S)n2)cc1. The Morgan fingerprint density at radius 3 is 2.76 bits per heavy atom. The molecular formula is C11H7ClFN3S. The Balaban J connectivity index is 2.21. The Kier molecular flexibility index (Phi) is 3.64. The Morgan fingerprint density at radius 2 is 2.12 bits per heavy atom. The van der Waals surface area contributed by atoms with Crippen molar-refractivity contribution in [1.82, 2.24) is 9.78 Å². The summed E-state index contributed by atoms with van der Waals surface area (Å²) in [5.41, 5.74) is 0.920. The maximum atomic E-state index is 12.7. The topological polar surface area (TPSA) is 30.2 Å². The molecule has 17 heavy (non-hydrogen) atoms. The molecule has 0 spiro atoms. The molecule has 0 aliphatic rings. The first-order chi connectivity index (χ1) is 8.19. The molecule has 0 aliphatic carbocycles. The number of isothiocyanates is 1. The van der Waals surface area contributed by atoms with Gasteiger partial charge in [0.15, 0.2) is 0 Å². The van der Waals surface area contributed by atoms with E-state index in [1.165, 1.54) is 12.1 Å². The number of aromatic nitrogens is 2. The van der Waals surface area contributed by atoms with E-state index in [0.717, 1.165) is 5.56 Å². The summed E-state index contributed by atoms with van der Waals surface area (Å²) in [6, 6.07) is 6.17. The minimum atomic E-state index is -0.266. The van der Waals surface area contributed by atoms with E-state index >= 15 is 0 Å². The molecule has 3 nitrogen and oxygen atoms in total. The molecule has 1 heterocycles. The molecule has 1 aromatic heterocycles. The van der Waals surface area contributed by atoms with Gasteiger partial charge in [-0.15, -0.1) is 0 Å². The lowest BCUT2D eigenvalue weighted by Crippen LogP contribution is -1.99. The molecule has 0 bridgehead atoms. The summed E-state index contributed by atoms with van der Waals surface area (Å²) in [7, 11) is 0. The summed E-state index contributed by atoms with van der Waals surface area (Å²) in [4.78, 5) is 3.72. The van der Waals surface area contributed by atoms with Crippen molar-refractivity contribution in [3.05, 3.63) is 46.9 Å². The predicted octanol–water partition coefficient (Wildman–Crippen LogP) is 3.46. The lowest BCUT2D eigenvalue weighted by atomic mass is 10.2. The average molecular weight is 268 g/mol. The highest BCUT2D eigenvalue weighted by Gasteiger charge is 2.05. The van der Waals surface area contributed by atoms with Gasteiger partial charge in [-0.25, -0.2) is 4.39 Å². The number of halogens is 2. The fourth-order valence-corrected chi connectivity index (χ4v) is 1.64. The molecule has 6 heteroatoms. The van der Waals surface area contributed by atoms with Gasteiger partial charge in [0.1, 0.15) is 10.8 Å². The van der Waals surface area contributed by atoms with E-state index in [0.29, 0.717) is 17.4 Å². The van der Waals surface area contributed by atoms with E-state index < -0.39 is 0 Å². The predicted molar refractivity (Wildman–Crippen MR) is 67.4 cm³/mol. The molecule has 0 N–H and O–H groups in total. The standard InChI is InChI=1S/C11H7ClFN3S/c12-10-6-16(15-11(10)14-7-17)5-8-1-3-9(13)4-2-8/h1-4,6H,5H2. The Labute approximate surface area is 108 Å². The molecule has 86 valence electrons. The normalized spacial score (nSPS) is 10.0.